The van der Waals surface area contributed by atoms with Crippen molar-refractivity contribution in [3.8, 4) is 23.0 Å². The zero-order valence-corrected chi connectivity index (χ0v) is 28.0. The number of benzene rings is 2. The number of aryl methyl sites for hydroxylation is 2. The number of methoxy groups -OCH3 is 4. The van der Waals surface area contributed by atoms with Gasteiger partial charge in [-0.05, 0) is 13.8 Å². The molecule has 5 aromatic rings. The van der Waals surface area contributed by atoms with Gasteiger partial charge in [0.15, 0.2) is 9.60 Å². The summed E-state index contributed by atoms with van der Waals surface area (Å²) in [5, 5.41) is 9.22. The number of nitrogens with one attached hydrogen (secondary N) is 3. The van der Waals surface area contributed by atoms with Crippen LogP contribution in [0.25, 0.3) is 0 Å². The van der Waals surface area contributed by atoms with E-state index in [0.717, 1.165) is 17.0 Å². The maximum absolute atomic E-state index is 12.5. The summed E-state index contributed by atoms with van der Waals surface area (Å²) in [6.07, 6.45) is 2.94. The first-order valence-electron chi connectivity index (χ1n) is 13.3. The number of hydrogen-bond donors (Lipinski definition) is 3. The van der Waals surface area contributed by atoms with E-state index in [1.54, 1.807) is 64.8 Å². The first-order chi connectivity index (χ1) is 22.1. The molecular weight excluding hydrogens is 654 g/mol. The van der Waals surface area contributed by atoms with E-state index in [4.69, 9.17) is 30.5 Å². The van der Waals surface area contributed by atoms with Gasteiger partial charge in [-0.2, -0.15) is 0 Å². The van der Waals surface area contributed by atoms with E-state index in [1.807, 2.05) is 19.9 Å². The number of carbonyl (C=O) groups is 2. The van der Waals surface area contributed by atoms with Gasteiger partial charge in [0, 0.05) is 59.5 Å². The van der Waals surface area contributed by atoms with Crippen molar-refractivity contribution < 1.29 is 28.5 Å². The quantitative estimate of drug-likeness (QED) is 0.145. The standard InChI is InChI=1S/C18H19N5O3S.C12H11ClN2O3S/c1-10-5-16(21-11(2)20-10)23-18-19-9-15(27-18)17(24)22-12-6-13(25-3)8-14(7-12)26-4;1-17-8-3-7(4-9(5-8)18-2)15-11(16)10-6-14-12(13)19-10/h5-9H,1-4H3,(H,22,24)(H,19,20,21,23);3-6H,1-2H3,(H,15,16). The number of carbonyl (C=O) groups excluding carboxylic acids is 2. The minimum absolute atomic E-state index is 0.272. The maximum atomic E-state index is 12.5. The number of ether oxygens (including phenoxy) is 4. The molecule has 0 atom stereocenters. The largest absolute Gasteiger partial charge is 0.497 e. The molecule has 3 heterocycles. The van der Waals surface area contributed by atoms with Gasteiger partial charge in [-0.1, -0.05) is 34.3 Å². The van der Waals surface area contributed by atoms with Crippen LogP contribution in [0, 0.1) is 13.8 Å². The van der Waals surface area contributed by atoms with Gasteiger partial charge < -0.3 is 34.9 Å². The first kappa shape index (κ1) is 33.9. The Hall–Kier alpha value is -4.99. The van der Waals surface area contributed by atoms with Crippen molar-refractivity contribution >= 4 is 68.4 Å². The number of halogens is 1. The number of amides is 2. The lowest BCUT2D eigenvalue weighted by Crippen LogP contribution is -2.10. The fourth-order valence-electron chi connectivity index (χ4n) is 3.83. The van der Waals surface area contributed by atoms with Crippen LogP contribution in [0.4, 0.5) is 22.3 Å². The number of rotatable bonds is 10. The van der Waals surface area contributed by atoms with Crippen LogP contribution in [0.15, 0.2) is 54.9 Å². The highest BCUT2D eigenvalue weighted by atomic mass is 35.5. The SMILES string of the molecule is COc1cc(NC(=O)c2cnc(Cl)s2)cc(OC)c1.COc1cc(NC(=O)c2cnc(Nc3cc(C)nc(C)n3)s2)cc(OC)c1. The molecule has 13 nitrogen and oxygen atoms in total. The molecule has 0 saturated heterocycles. The van der Waals surface area contributed by atoms with E-state index in [0.29, 0.717) is 65.4 Å². The Morgan fingerprint density at radius 3 is 1.59 bits per heavy atom. The van der Waals surface area contributed by atoms with Crippen LogP contribution in [0.3, 0.4) is 0 Å². The van der Waals surface area contributed by atoms with E-state index in [9.17, 15) is 9.59 Å². The Labute approximate surface area is 277 Å². The van der Waals surface area contributed by atoms with Crippen LogP contribution in [-0.2, 0) is 0 Å². The number of thiazole rings is 2. The first-order valence-corrected chi connectivity index (χ1v) is 15.4. The van der Waals surface area contributed by atoms with Gasteiger partial charge >= 0.3 is 0 Å². The predicted octanol–water partition coefficient (Wildman–Crippen LogP) is 6.63. The van der Waals surface area contributed by atoms with Crippen LogP contribution in [0.5, 0.6) is 23.0 Å². The van der Waals surface area contributed by atoms with E-state index >= 15 is 0 Å². The van der Waals surface area contributed by atoms with E-state index in [2.05, 4.69) is 35.9 Å². The van der Waals surface area contributed by atoms with Gasteiger partial charge in [0.1, 0.15) is 44.4 Å². The van der Waals surface area contributed by atoms with Crippen molar-refractivity contribution in [3.05, 3.63) is 80.6 Å². The van der Waals surface area contributed by atoms with Gasteiger partial charge in [-0.3, -0.25) is 9.59 Å². The molecule has 3 N–H and O–H groups in total. The summed E-state index contributed by atoms with van der Waals surface area (Å²) in [4.78, 5) is 41.9. The third kappa shape index (κ3) is 9.50. The van der Waals surface area contributed by atoms with Crippen molar-refractivity contribution in [1.29, 1.82) is 0 Å². The van der Waals surface area contributed by atoms with Gasteiger partial charge in [0.05, 0.1) is 40.8 Å². The lowest BCUT2D eigenvalue weighted by atomic mass is 10.2. The number of hydrogen-bond acceptors (Lipinski definition) is 13. The number of anilines is 4. The number of aromatic nitrogens is 4. The van der Waals surface area contributed by atoms with Gasteiger partial charge in [0.25, 0.3) is 11.8 Å². The second-order valence-corrected chi connectivity index (χ2v) is 11.8. The van der Waals surface area contributed by atoms with Crippen LogP contribution in [0.2, 0.25) is 4.47 Å². The molecule has 16 heteroatoms. The van der Waals surface area contributed by atoms with Gasteiger partial charge in [-0.15, -0.1) is 0 Å². The van der Waals surface area contributed by atoms with Crippen molar-refractivity contribution in [2.45, 2.75) is 13.8 Å². The molecule has 0 unspecified atom stereocenters. The third-order valence-corrected chi connectivity index (χ3v) is 7.88. The topological polar surface area (TPSA) is 159 Å². The average Bonchev–Trinajstić information content (AvgIpc) is 3.69. The highest BCUT2D eigenvalue weighted by Gasteiger charge is 2.14. The fraction of sp³-hybridized carbons (Fsp3) is 0.200. The molecule has 0 saturated carbocycles. The van der Waals surface area contributed by atoms with Gasteiger partial charge in [-0.25, -0.2) is 19.9 Å². The van der Waals surface area contributed by atoms with E-state index < -0.39 is 0 Å². The Morgan fingerprint density at radius 2 is 1.15 bits per heavy atom. The summed E-state index contributed by atoms with van der Waals surface area (Å²) in [6, 6.07) is 12.1. The Morgan fingerprint density at radius 1 is 0.674 bits per heavy atom. The maximum Gasteiger partial charge on any atom is 0.267 e. The predicted molar refractivity (Wildman–Crippen MR) is 179 cm³/mol. The lowest BCUT2D eigenvalue weighted by molar-refractivity contribution is 0.102. The van der Waals surface area contributed by atoms with Crippen molar-refractivity contribution in [1.82, 2.24) is 19.9 Å². The number of nitrogens with zero attached hydrogens (tertiary/aromatic N) is 4. The molecule has 5 rings (SSSR count). The smallest absolute Gasteiger partial charge is 0.267 e. The normalized spacial score (nSPS) is 10.2. The van der Waals surface area contributed by atoms with Crippen LogP contribution in [-0.4, -0.2) is 60.2 Å². The Balaban J connectivity index is 0.000000222. The minimum Gasteiger partial charge on any atom is -0.497 e. The fourth-order valence-corrected chi connectivity index (χ4v) is 5.38. The van der Waals surface area contributed by atoms with Crippen molar-refractivity contribution in [2.24, 2.45) is 0 Å². The summed E-state index contributed by atoms with van der Waals surface area (Å²) in [6.45, 7) is 3.71. The van der Waals surface area contributed by atoms with E-state index in [-0.39, 0.29) is 11.8 Å². The summed E-state index contributed by atoms with van der Waals surface area (Å²) < 4.78 is 21.0. The molecule has 0 aliphatic carbocycles. The Kier molecular flexibility index (Phi) is 11.7. The summed E-state index contributed by atoms with van der Waals surface area (Å²) in [5.41, 5.74) is 2.00. The van der Waals surface area contributed by atoms with Crippen LogP contribution < -0.4 is 34.9 Å². The monoisotopic (exact) mass is 683 g/mol. The zero-order valence-electron chi connectivity index (χ0n) is 25.6. The second kappa shape index (κ2) is 15.8. The summed E-state index contributed by atoms with van der Waals surface area (Å²) in [7, 11) is 6.20. The molecule has 240 valence electrons. The van der Waals surface area contributed by atoms with E-state index in [1.165, 1.54) is 23.7 Å². The molecule has 0 radical (unpaired) electrons. The highest BCUT2D eigenvalue weighted by Crippen LogP contribution is 2.29. The van der Waals surface area contributed by atoms with Crippen LogP contribution in [0.1, 0.15) is 30.9 Å². The summed E-state index contributed by atoms with van der Waals surface area (Å²) in [5.74, 6) is 3.12. The molecule has 2 amide bonds. The van der Waals surface area contributed by atoms with Crippen LogP contribution >= 0.6 is 34.3 Å². The molecule has 0 spiro atoms. The molecule has 0 aliphatic heterocycles. The average molecular weight is 684 g/mol. The minimum atomic E-state index is -0.278. The zero-order chi connectivity index (χ0) is 33.2. The van der Waals surface area contributed by atoms with Gasteiger partial charge in [0.2, 0.25) is 0 Å². The molecule has 0 fully saturated rings. The van der Waals surface area contributed by atoms with Crippen molar-refractivity contribution in [3.63, 3.8) is 0 Å². The molecule has 3 aromatic heterocycles. The molecular formula is C30H30ClN7O6S2. The Bertz CT molecular complexity index is 1770. The highest BCUT2D eigenvalue weighted by molar-refractivity contribution is 7.18. The van der Waals surface area contributed by atoms with Crippen molar-refractivity contribution in [2.75, 3.05) is 44.4 Å². The second-order valence-electron chi connectivity index (χ2n) is 9.18. The molecule has 2 aromatic carbocycles. The lowest BCUT2D eigenvalue weighted by Gasteiger charge is -2.09. The third-order valence-electron chi connectivity index (χ3n) is 5.85. The molecule has 0 aliphatic rings. The summed E-state index contributed by atoms with van der Waals surface area (Å²) >= 11 is 8.03. The molecule has 0 bridgehead atoms. The molecule has 46 heavy (non-hydrogen) atoms.